The van der Waals surface area contributed by atoms with Gasteiger partial charge in [-0.05, 0) is 39.2 Å². The van der Waals surface area contributed by atoms with Crippen molar-refractivity contribution in [2.45, 2.75) is 51.8 Å². The highest BCUT2D eigenvalue weighted by Gasteiger charge is 2.33. The van der Waals surface area contributed by atoms with Crippen LogP contribution in [0.3, 0.4) is 0 Å². The molecule has 2 aliphatic rings. The highest BCUT2D eigenvalue weighted by atomic mass is 16.5. The molecule has 17 heavy (non-hydrogen) atoms. The maximum absolute atomic E-state index is 12.5. The molecule has 2 fully saturated rings. The van der Waals surface area contributed by atoms with Crippen molar-refractivity contribution in [2.75, 3.05) is 19.7 Å². The summed E-state index contributed by atoms with van der Waals surface area (Å²) in [6, 6.07) is 0.226. The molecule has 4 atom stereocenters. The summed E-state index contributed by atoms with van der Waals surface area (Å²) in [5.41, 5.74) is 0. The van der Waals surface area contributed by atoms with Crippen LogP contribution in [0.25, 0.3) is 0 Å². The molecule has 4 nitrogen and oxygen atoms in total. The number of nitrogens with one attached hydrogen (secondary N) is 1. The number of rotatable bonds is 1. The van der Waals surface area contributed by atoms with E-state index in [0.717, 1.165) is 19.5 Å². The Morgan fingerprint density at radius 3 is 2.82 bits per heavy atom. The molecule has 2 heterocycles. The lowest BCUT2D eigenvalue weighted by atomic mass is 9.93. The monoisotopic (exact) mass is 240 g/mol. The van der Waals surface area contributed by atoms with Crippen LogP contribution in [0.15, 0.2) is 0 Å². The van der Waals surface area contributed by atoms with Crippen molar-refractivity contribution in [2.24, 2.45) is 5.92 Å². The van der Waals surface area contributed by atoms with Gasteiger partial charge in [-0.25, -0.2) is 0 Å². The van der Waals surface area contributed by atoms with Gasteiger partial charge in [-0.15, -0.1) is 0 Å². The zero-order chi connectivity index (χ0) is 12.4. The summed E-state index contributed by atoms with van der Waals surface area (Å²) in [4.78, 5) is 14.5. The van der Waals surface area contributed by atoms with Gasteiger partial charge in [-0.2, -0.15) is 0 Å². The lowest BCUT2D eigenvalue weighted by Gasteiger charge is -2.40. The quantitative estimate of drug-likeness (QED) is 0.744. The van der Waals surface area contributed by atoms with Gasteiger partial charge in [0.2, 0.25) is 5.91 Å². The van der Waals surface area contributed by atoms with E-state index >= 15 is 0 Å². The predicted molar refractivity (Wildman–Crippen MR) is 66.8 cm³/mol. The second-order valence-electron chi connectivity index (χ2n) is 5.62. The van der Waals surface area contributed by atoms with Crippen molar-refractivity contribution < 1.29 is 9.53 Å². The van der Waals surface area contributed by atoms with E-state index in [1.54, 1.807) is 0 Å². The van der Waals surface area contributed by atoms with E-state index < -0.39 is 0 Å². The smallest absolute Gasteiger partial charge is 0.240 e. The van der Waals surface area contributed by atoms with Crippen molar-refractivity contribution in [1.82, 2.24) is 10.2 Å². The first kappa shape index (κ1) is 12.8. The summed E-state index contributed by atoms with van der Waals surface area (Å²) in [5.74, 6) is 0.915. The molecule has 4 unspecified atom stereocenters. The molecule has 0 spiro atoms. The van der Waals surface area contributed by atoms with Crippen molar-refractivity contribution >= 4 is 5.91 Å². The third-order valence-corrected chi connectivity index (χ3v) is 3.85. The fourth-order valence-corrected chi connectivity index (χ4v) is 2.71. The second-order valence-corrected chi connectivity index (χ2v) is 5.62. The topological polar surface area (TPSA) is 41.6 Å². The summed E-state index contributed by atoms with van der Waals surface area (Å²) in [6.07, 6.45) is 2.31. The molecule has 4 heteroatoms. The molecule has 2 aliphatic heterocycles. The lowest BCUT2D eigenvalue weighted by molar-refractivity contribution is -0.146. The van der Waals surface area contributed by atoms with E-state index in [1.807, 2.05) is 11.8 Å². The Balaban J connectivity index is 1.97. The van der Waals surface area contributed by atoms with Crippen LogP contribution >= 0.6 is 0 Å². The number of ether oxygens (including phenoxy) is 1. The molecule has 0 aromatic heterocycles. The molecule has 2 saturated heterocycles. The number of hydrogen-bond donors (Lipinski definition) is 1. The van der Waals surface area contributed by atoms with Crippen molar-refractivity contribution in [3.8, 4) is 0 Å². The van der Waals surface area contributed by atoms with E-state index in [9.17, 15) is 4.79 Å². The molecule has 0 aliphatic carbocycles. The molecule has 0 aromatic rings. The number of piperidine rings is 1. The van der Waals surface area contributed by atoms with Gasteiger partial charge in [0.1, 0.15) is 0 Å². The van der Waals surface area contributed by atoms with E-state index in [4.69, 9.17) is 4.74 Å². The van der Waals surface area contributed by atoms with Crippen molar-refractivity contribution in [3.05, 3.63) is 0 Å². The number of hydrogen-bond acceptors (Lipinski definition) is 3. The lowest BCUT2D eigenvalue weighted by Crippen LogP contribution is -2.57. The first-order valence-corrected chi connectivity index (χ1v) is 6.73. The van der Waals surface area contributed by atoms with Crippen LogP contribution in [0.1, 0.15) is 33.6 Å². The molecular weight excluding hydrogens is 216 g/mol. The van der Waals surface area contributed by atoms with Gasteiger partial charge in [-0.1, -0.05) is 6.92 Å². The van der Waals surface area contributed by atoms with Crippen LogP contribution in [0.5, 0.6) is 0 Å². The van der Waals surface area contributed by atoms with Gasteiger partial charge in [-0.3, -0.25) is 4.79 Å². The summed E-state index contributed by atoms with van der Waals surface area (Å²) in [5, 5.41) is 3.35. The maximum Gasteiger partial charge on any atom is 0.240 e. The molecule has 1 N–H and O–H groups in total. The summed E-state index contributed by atoms with van der Waals surface area (Å²) in [7, 11) is 0. The SMILES string of the molecule is CC1CCNC(C(=O)N2CC(C)OCC2C)C1. The summed E-state index contributed by atoms with van der Waals surface area (Å²) < 4.78 is 5.56. The minimum Gasteiger partial charge on any atom is -0.375 e. The first-order chi connectivity index (χ1) is 8.08. The van der Waals surface area contributed by atoms with Gasteiger partial charge in [0.05, 0.1) is 24.8 Å². The highest BCUT2D eigenvalue weighted by molar-refractivity contribution is 5.82. The zero-order valence-electron chi connectivity index (χ0n) is 11.1. The largest absolute Gasteiger partial charge is 0.375 e. The average molecular weight is 240 g/mol. The first-order valence-electron chi connectivity index (χ1n) is 6.73. The van der Waals surface area contributed by atoms with E-state index in [1.165, 1.54) is 6.42 Å². The number of amides is 1. The minimum absolute atomic E-state index is 0.0199. The van der Waals surface area contributed by atoms with Gasteiger partial charge in [0.25, 0.3) is 0 Å². The van der Waals surface area contributed by atoms with Crippen LogP contribution in [0.4, 0.5) is 0 Å². The molecule has 2 rings (SSSR count). The second kappa shape index (κ2) is 5.36. The van der Waals surface area contributed by atoms with Crippen LogP contribution < -0.4 is 5.32 Å². The molecule has 1 amide bonds. The highest BCUT2D eigenvalue weighted by Crippen LogP contribution is 2.19. The van der Waals surface area contributed by atoms with E-state index in [2.05, 4.69) is 19.2 Å². The normalized spacial score (nSPS) is 39.1. The van der Waals surface area contributed by atoms with E-state index in [0.29, 0.717) is 12.5 Å². The molecule has 0 saturated carbocycles. The Labute approximate surface area is 104 Å². The number of carbonyl (C=O) groups excluding carboxylic acids is 1. The van der Waals surface area contributed by atoms with Gasteiger partial charge < -0.3 is 15.0 Å². The Bertz CT molecular complexity index is 283. The Morgan fingerprint density at radius 2 is 2.12 bits per heavy atom. The Kier molecular flexibility index (Phi) is 4.05. The number of nitrogens with zero attached hydrogens (tertiary/aromatic N) is 1. The van der Waals surface area contributed by atoms with Gasteiger partial charge >= 0.3 is 0 Å². The van der Waals surface area contributed by atoms with Gasteiger partial charge in [0.15, 0.2) is 0 Å². The fraction of sp³-hybridized carbons (Fsp3) is 0.923. The Hall–Kier alpha value is -0.610. The third-order valence-electron chi connectivity index (χ3n) is 3.85. The molecule has 0 radical (unpaired) electrons. The number of morpholine rings is 1. The Morgan fingerprint density at radius 1 is 1.35 bits per heavy atom. The van der Waals surface area contributed by atoms with E-state index in [-0.39, 0.29) is 24.1 Å². The molecular formula is C13H24N2O2. The van der Waals surface area contributed by atoms with Crippen LogP contribution in [-0.4, -0.2) is 48.7 Å². The molecule has 0 aromatic carbocycles. The summed E-state index contributed by atoms with van der Waals surface area (Å²) in [6.45, 7) is 8.68. The molecule has 0 bridgehead atoms. The zero-order valence-corrected chi connectivity index (χ0v) is 11.1. The van der Waals surface area contributed by atoms with Crippen LogP contribution in [-0.2, 0) is 9.53 Å². The van der Waals surface area contributed by atoms with Crippen LogP contribution in [0.2, 0.25) is 0 Å². The third kappa shape index (κ3) is 2.99. The van der Waals surface area contributed by atoms with Crippen molar-refractivity contribution in [1.29, 1.82) is 0 Å². The summed E-state index contributed by atoms with van der Waals surface area (Å²) >= 11 is 0. The molecule has 98 valence electrons. The predicted octanol–water partition coefficient (Wildman–Crippen LogP) is 1.01. The fourth-order valence-electron chi connectivity index (χ4n) is 2.71. The minimum atomic E-state index is 0.0199. The van der Waals surface area contributed by atoms with Gasteiger partial charge in [0, 0.05) is 6.54 Å². The maximum atomic E-state index is 12.5. The van der Waals surface area contributed by atoms with Crippen molar-refractivity contribution in [3.63, 3.8) is 0 Å². The van der Waals surface area contributed by atoms with Crippen LogP contribution in [0, 0.1) is 5.92 Å². The standard InChI is InChI=1S/C13H24N2O2/c1-9-4-5-14-12(6-9)13(16)15-7-11(3)17-8-10(15)2/h9-12,14H,4-8H2,1-3H3. The average Bonchev–Trinajstić information content (AvgIpc) is 2.31. The number of carbonyl (C=O) groups is 1.